The molecule has 2 aliphatic rings. The van der Waals surface area contributed by atoms with Crippen LogP contribution in [-0.4, -0.2) is 36.7 Å². The van der Waals surface area contributed by atoms with Gasteiger partial charge in [0.1, 0.15) is 11.4 Å². The van der Waals surface area contributed by atoms with Gasteiger partial charge in [-0.2, -0.15) is 0 Å². The molecule has 7 nitrogen and oxygen atoms in total. The second kappa shape index (κ2) is 5.04. The van der Waals surface area contributed by atoms with Crippen molar-refractivity contribution < 1.29 is 4.79 Å². The average molecular weight is 313 g/mol. The lowest BCUT2D eigenvalue weighted by Crippen LogP contribution is -2.42. The van der Waals surface area contributed by atoms with Crippen molar-refractivity contribution in [2.24, 2.45) is 7.05 Å². The van der Waals surface area contributed by atoms with E-state index in [0.29, 0.717) is 19.0 Å². The Bertz CT molecular complexity index is 833. The highest BCUT2D eigenvalue weighted by molar-refractivity contribution is 5.93. The molecular formula is C16H19N5O2. The minimum absolute atomic E-state index is 0.126. The molecule has 1 fully saturated rings. The fraction of sp³-hybridized carbons (Fsp3) is 0.500. The van der Waals surface area contributed by atoms with E-state index in [2.05, 4.69) is 21.7 Å². The highest BCUT2D eigenvalue weighted by atomic mass is 16.2. The quantitative estimate of drug-likeness (QED) is 0.831. The summed E-state index contributed by atoms with van der Waals surface area (Å²) in [7, 11) is 1.65. The van der Waals surface area contributed by atoms with E-state index in [-0.39, 0.29) is 23.1 Å². The standard InChI is InChI=1S/C16H19N5O2/c1-10-8-20(16(23)12-4-3-7-19(2)15(12)22)9-13-17-18-14(21(10)13)11-5-6-11/h3-4,7,10-11H,5-6,8-9H2,1-2H3/t10-/m0/s1. The number of aromatic nitrogens is 4. The number of amides is 1. The molecule has 0 spiro atoms. The highest BCUT2D eigenvalue weighted by Crippen LogP contribution is 2.41. The smallest absolute Gasteiger partial charge is 0.263 e. The van der Waals surface area contributed by atoms with Crippen LogP contribution in [-0.2, 0) is 13.6 Å². The molecule has 0 aromatic carbocycles. The Kier molecular flexibility index (Phi) is 3.11. The summed E-state index contributed by atoms with van der Waals surface area (Å²) in [6.07, 6.45) is 4.00. The van der Waals surface area contributed by atoms with Crippen molar-refractivity contribution in [1.29, 1.82) is 0 Å². The van der Waals surface area contributed by atoms with Crippen molar-refractivity contribution in [1.82, 2.24) is 24.2 Å². The fourth-order valence-electron chi connectivity index (χ4n) is 3.27. The lowest BCUT2D eigenvalue weighted by Gasteiger charge is -2.32. The Morgan fingerprint density at radius 1 is 1.30 bits per heavy atom. The van der Waals surface area contributed by atoms with Crippen LogP contribution in [0.3, 0.4) is 0 Å². The molecule has 23 heavy (non-hydrogen) atoms. The van der Waals surface area contributed by atoms with Crippen LogP contribution in [0.25, 0.3) is 0 Å². The largest absolute Gasteiger partial charge is 0.329 e. The molecule has 0 bridgehead atoms. The van der Waals surface area contributed by atoms with Crippen LogP contribution in [0.2, 0.25) is 0 Å². The van der Waals surface area contributed by atoms with Crippen LogP contribution >= 0.6 is 0 Å². The predicted molar refractivity (Wildman–Crippen MR) is 83.1 cm³/mol. The third kappa shape index (κ3) is 2.27. The summed E-state index contributed by atoms with van der Waals surface area (Å²) in [5.74, 6) is 2.16. The molecule has 1 aliphatic carbocycles. The summed E-state index contributed by atoms with van der Waals surface area (Å²) >= 11 is 0. The number of fused-ring (bicyclic) bond motifs is 1. The molecule has 120 valence electrons. The van der Waals surface area contributed by atoms with Crippen molar-refractivity contribution in [3.05, 3.63) is 45.9 Å². The van der Waals surface area contributed by atoms with E-state index < -0.39 is 0 Å². The lowest BCUT2D eigenvalue weighted by molar-refractivity contribution is 0.0677. The third-order valence-electron chi connectivity index (χ3n) is 4.63. The first-order chi connectivity index (χ1) is 11.1. The van der Waals surface area contributed by atoms with Gasteiger partial charge in [-0.15, -0.1) is 10.2 Å². The topological polar surface area (TPSA) is 73.0 Å². The lowest BCUT2D eigenvalue weighted by atomic mass is 10.1. The zero-order chi connectivity index (χ0) is 16.1. The number of carbonyl (C=O) groups is 1. The fourth-order valence-corrected chi connectivity index (χ4v) is 3.27. The van der Waals surface area contributed by atoms with Crippen LogP contribution in [0, 0.1) is 0 Å². The maximum Gasteiger partial charge on any atom is 0.263 e. The molecule has 2 aromatic heterocycles. The second-order valence-electron chi connectivity index (χ2n) is 6.49. The SMILES string of the molecule is C[C@H]1CN(C(=O)c2cccn(C)c2=O)Cc2nnc(C3CC3)n21. The van der Waals surface area contributed by atoms with Gasteiger partial charge >= 0.3 is 0 Å². The van der Waals surface area contributed by atoms with E-state index in [4.69, 9.17) is 0 Å². The summed E-state index contributed by atoms with van der Waals surface area (Å²) in [4.78, 5) is 26.6. The number of pyridine rings is 1. The zero-order valence-corrected chi connectivity index (χ0v) is 13.3. The summed E-state index contributed by atoms with van der Waals surface area (Å²) < 4.78 is 3.60. The van der Waals surface area contributed by atoms with E-state index in [9.17, 15) is 9.59 Å². The highest BCUT2D eigenvalue weighted by Gasteiger charge is 2.36. The Labute approximate surface area is 133 Å². The molecule has 0 N–H and O–H groups in total. The van der Waals surface area contributed by atoms with Gasteiger partial charge in [0, 0.05) is 25.7 Å². The predicted octanol–water partition coefficient (Wildman–Crippen LogP) is 1.07. The maximum absolute atomic E-state index is 12.7. The molecular weight excluding hydrogens is 294 g/mol. The van der Waals surface area contributed by atoms with Crippen molar-refractivity contribution in [3.63, 3.8) is 0 Å². The molecule has 0 saturated heterocycles. The van der Waals surface area contributed by atoms with Crippen molar-refractivity contribution in [3.8, 4) is 0 Å². The first-order valence-electron chi connectivity index (χ1n) is 7.95. The van der Waals surface area contributed by atoms with Gasteiger partial charge in [-0.3, -0.25) is 9.59 Å². The van der Waals surface area contributed by atoms with Gasteiger partial charge in [0.2, 0.25) is 0 Å². The van der Waals surface area contributed by atoms with Gasteiger partial charge in [0.25, 0.3) is 11.5 Å². The summed E-state index contributed by atoms with van der Waals surface area (Å²) in [6.45, 7) is 3.05. The van der Waals surface area contributed by atoms with E-state index in [1.807, 2.05) is 0 Å². The monoisotopic (exact) mass is 313 g/mol. The van der Waals surface area contributed by atoms with Crippen molar-refractivity contribution in [2.45, 2.75) is 38.3 Å². The number of rotatable bonds is 2. The summed E-state index contributed by atoms with van der Waals surface area (Å²) in [5, 5.41) is 8.59. The summed E-state index contributed by atoms with van der Waals surface area (Å²) in [6, 6.07) is 3.43. The maximum atomic E-state index is 12.7. The van der Waals surface area contributed by atoms with Crippen LogP contribution in [0.15, 0.2) is 23.1 Å². The molecule has 1 saturated carbocycles. The van der Waals surface area contributed by atoms with Crippen LogP contribution in [0.4, 0.5) is 0 Å². The minimum atomic E-state index is -0.268. The van der Waals surface area contributed by atoms with Gasteiger partial charge < -0.3 is 14.0 Å². The van der Waals surface area contributed by atoms with E-state index in [1.165, 1.54) is 17.4 Å². The molecule has 1 amide bonds. The molecule has 7 heteroatoms. The first-order valence-corrected chi connectivity index (χ1v) is 7.95. The first kappa shape index (κ1) is 14.2. The van der Waals surface area contributed by atoms with Crippen molar-refractivity contribution in [2.75, 3.05) is 6.54 Å². The van der Waals surface area contributed by atoms with Gasteiger partial charge in [-0.1, -0.05) is 0 Å². The average Bonchev–Trinajstić information content (AvgIpc) is 3.29. The molecule has 0 unspecified atom stereocenters. The molecule has 4 rings (SSSR count). The number of aryl methyl sites for hydroxylation is 1. The number of carbonyl (C=O) groups excluding carboxylic acids is 1. The minimum Gasteiger partial charge on any atom is -0.329 e. The van der Waals surface area contributed by atoms with Gasteiger partial charge in [0.05, 0.1) is 12.6 Å². The van der Waals surface area contributed by atoms with Gasteiger partial charge in [-0.05, 0) is 31.9 Å². The molecule has 0 radical (unpaired) electrons. The Morgan fingerprint density at radius 2 is 2.09 bits per heavy atom. The number of nitrogens with zero attached hydrogens (tertiary/aromatic N) is 5. The van der Waals surface area contributed by atoms with E-state index >= 15 is 0 Å². The van der Waals surface area contributed by atoms with Crippen molar-refractivity contribution >= 4 is 5.91 Å². The van der Waals surface area contributed by atoms with E-state index in [1.54, 1.807) is 30.3 Å². The summed E-state index contributed by atoms with van der Waals surface area (Å²) in [5.41, 5.74) is -0.0616. The zero-order valence-electron chi connectivity index (χ0n) is 13.3. The van der Waals surface area contributed by atoms with Crippen LogP contribution in [0.1, 0.15) is 53.7 Å². The molecule has 2 aromatic rings. The van der Waals surface area contributed by atoms with Gasteiger partial charge in [-0.25, -0.2) is 0 Å². The number of hydrogen-bond acceptors (Lipinski definition) is 4. The van der Waals surface area contributed by atoms with Crippen LogP contribution in [0.5, 0.6) is 0 Å². The van der Waals surface area contributed by atoms with Gasteiger partial charge in [0.15, 0.2) is 5.82 Å². The third-order valence-corrected chi connectivity index (χ3v) is 4.63. The van der Waals surface area contributed by atoms with E-state index in [0.717, 1.165) is 11.6 Å². The van der Waals surface area contributed by atoms with Crippen LogP contribution < -0.4 is 5.56 Å². The molecule has 3 heterocycles. The Balaban J connectivity index is 1.65. The Morgan fingerprint density at radius 3 is 2.83 bits per heavy atom. The Hall–Kier alpha value is -2.44. The number of hydrogen-bond donors (Lipinski definition) is 0. The normalized spacial score (nSPS) is 20.4. The molecule has 1 atom stereocenters. The second-order valence-corrected chi connectivity index (χ2v) is 6.49. The molecule has 1 aliphatic heterocycles.